The van der Waals surface area contributed by atoms with Gasteiger partial charge in [-0.05, 0) is 40.2 Å². The SMILES string of the molecule is O=S(=O)(O)c1cccc(S(=O)(=O)c2ccccc2)c1Br. The molecule has 8 heteroatoms. The highest BCUT2D eigenvalue weighted by Crippen LogP contribution is 2.32. The fourth-order valence-electron chi connectivity index (χ4n) is 1.62. The van der Waals surface area contributed by atoms with Crippen molar-refractivity contribution in [3.63, 3.8) is 0 Å². The van der Waals surface area contributed by atoms with Crippen LogP contribution in [-0.4, -0.2) is 21.4 Å². The van der Waals surface area contributed by atoms with E-state index in [4.69, 9.17) is 4.55 Å². The van der Waals surface area contributed by atoms with Crippen molar-refractivity contribution in [2.24, 2.45) is 0 Å². The van der Waals surface area contributed by atoms with Crippen LogP contribution in [0.1, 0.15) is 0 Å². The van der Waals surface area contributed by atoms with Gasteiger partial charge in [-0.3, -0.25) is 4.55 Å². The van der Waals surface area contributed by atoms with Crippen LogP contribution in [0.5, 0.6) is 0 Å². The highest BCUT2D eigenvalue weighted by Gasteiger charge is 2.25. The molecular formula is C12H9BrO5S2. The summed E-state index contributed by atoms with van der Waals surface area (Å²) >= 11 is 2.93. The van der Waals surface area contributed by atoms with Gasteiger partial charge in [-0.25, -0.2) is 8.42 Å². The van der Waals surface area contributed by atoms with E-state index in [9.17, 15) is 16.8 Å². The summed E-state index contributed by atoms with van der Waals surface area (Å²) in [6.45, 7) is 0. The lowest BCUT2D eigenvalue weighted by Gasteiger charge is -2.09. The lowest BCUT2D eigenvalue weighted by atomic mass is 10.4. The Labute approximate surface area is 125 Å². The molecule has 0 atom stereocenters. The monoisotopic (exact) mass is 376 g/mol. The van der Waals surface area contributed by atoms with E-state index in [1.165, 1.54) is 24.3 Å². The quantitative estimate of drug-likeness (QED) is 0.831. The molecule has 0 unspecified atom stereocenters. The van der Waals surface area contributed by atoms with Gasteiger partial charge >= 0.3 is 0 Å². The van der Waals surface area contributed by atoms with E-state index in [2.05, 4.69) is 15.9 Å². The minimum Gasteiger partial charge on any atom is -0.282 e. The number of hydrogen-bond donors (Lipinski definition) is 1. The first-order valence-corrected chi connectivity index (χ1v) is 9.02. The number of halogens is 1. The second-order valence-electron chi connectivity index (χ2n) is 3.86. The number of rotatable bonds is 3. The van der Waals surface area contributed by atoms with Gasteiger partial charge in [0, 0.05) is 0 Å². The zero-order valence-electron chi connectivity index (χ0n) is 9.89. The molecule has 0 spiro atoms. The molecule has 2 rings (SSSR count). The normalized spacial score (nSPS) is 12.3. The van der Waals surface area contributed by atoms with Crippen molar-refractivity contribution in [3.8, 4) is 0 Å². The maximum absolute atomic E-state index is 12.4. The first kappa shape index (κ1) is 15.2. The molecule has 0 aliphatic rings. The Morgan fingerprint density at radius 2 is 1.35 bits per heavy atom. The van der Waals surface area contributed by atoms with Crippen molar-refractivity contribution >= 4 is 35.9 Å². The average molecular weight is 377 g/mol. The standard InChI is InChI=1S/C12H9BrO5S2/c13-12-10(7-4-8-11(12)20(16,17)18)19(14,15)9-5-2-1-3-6-9/h1-8H,(H,16,17,18). The molecule has 0 aliphatic carbocycles. The summed E-state index contributed by atoms with van der Waals surface area (Å²) in [5.74, 6) is 0. The first-order valence-electron chi connectivity index (χ1n) is 5.31. The second kappa shape index (κ2) is 5.28. The van der Waals surface area contributed by atoms with Crippen LogP contribution in [0.4, 0.5) is 0 Å². The molecule has 0 aliphatic heterocycles. The zero-order chi connectivity index (χ0) is 15.0. The van der Waals surface area contributed by atoms with Crippen LogP contribution in [-0.2, 0) is 20.0 Å². The van der Waals surface area contributed by atoms with Gasteiger partial charge < -0.3 is 0 Å². The number of sulfone groups is 1. The van der Waals surface area contributed by atoms with Gasteiger partial charge in [-0.1, -0.05) is 24.3 Å². The summed E-state index contributed by atoms with van der Waals surface area (Å²) in [6, 6.07) is 11.2. The van der Waals surface area contributed by atoms with Gasteiger partial charge in [0.2, 0.25) is 9.84 Å². The minimum absolute atomic E-state index is 0.0354. The molecular weight excluding hydrogens is 368 g/mol. The highest BCUT2D eigenvalue weighted by atomic mass is 79.9. The predicted octanol–water partition coefficient (Wildman–Crippen LogP) is 2.53. The average Bonchev–Trinajstić information content (AvgIpc) is 2.38. The van der Waals surface area contributed by atoms with Gasteiger partial charge in [0.15, 0.2) is 0 Å². The van der Waals surface area contributed by atoms with Gasteiger partial charge in [0.1, 0.15) is 4.90 Å². The molecule has 0 bridgehead atoms. The van der Waals surface area contributed by atoms with E-state index in [-0.39, 0.29) is 14.3 Å². The molecule has 106 valence electrons. The Morgan fingerprint density at radius 1 is 0.800 bits per heavy atom. The van der Waals surface area contributed by atoms with E-state index in [1.54, 1.807) is 18.2 Å². The largest absolute Gasteiger partial charge is 0.295 e. The summed E-state index contributed by atoms with van der Waals surface area (Å²) in [5, 5.41) is 0. The molecule has 5 nitrogen and oxygen atoms in total. The van der Waals surface area contributed by atoms with Crippen molar-refractivity contribution in [2.75, 3.05) is 0 Å². The third kappa shape index (κ3) is 2.78. The molecule has 0 amide bonds. The Morgan fingerprint density at radius 3 is 1.90 bits per heavy atom. The molecule has 1 N–H and O–H groups in total. The Kier molecular flexibility index (Phi) is 4.01. The fourth-order valence-corrected chi connectivity index (χ4v) is 5.17. The van der Waals surface area contributed by atoms with Crippen molar-refractivity contribution < 1.29 is 21.4 Å². The maximum atomic E-state index is 12.4. The van der Waals surface area contributed by atoms with Crippen LogP contribution in [0.2, 0.25) is 0 Å². The topological polar surface area (TPSA) is 88.5 Å². The van der Waals surface area contributed by atoms with Gasteiger partial charge in [-0.2, -0.15) is 8.42 Å². The minimum atomic E-state index is -4.51. The van der Waals surface area contributed by atoms with E-state index < -0.39 is 24.9 Å². The number of benzene rings is 2. The second-order valence-corrected chi connectivity index (χ2v) is 7.96. The smallest absolute Gasteiger partial charge is 0.282 e. The van der Waals surface area contributed by atoms with Gasteiger partial charge in [0.25, 0.3) is 10.1 Å². The van der Waals surface area contributed by atoms with Crippen molar-refractivity contribution in [1.82, 2.24) is 0 Å². The predicted molar refractivity (Wildman–Crippen MR) is 75.9 cm³/mol. The van der Waals surface area contributed by atoms with Gasteiger partial charge in [0.05, 0.1) is 14.3 Å². The van der Waals surface area contributed by atoms with Crippen molar-refractivity contribution in [1.29, 1.82) is 0 Å². The summed E-state index contributed by atoms with van der Waals surface area (Å²) in [6.07, 6.45) is 0. The fraction of sp³-hybridized carbons (Fsp3) is 0. The van der Waals surface area contributed by atoms with E-state index in [0.717, 1.165) is 6.07 Å². The molecule has 0 aromatic heterocycles. The third-order valence-corrected chi connectivity index (χ3v) is 6.64. The highest BCUT2D eigenvalue weighted by molar-refractivity contribution is 9.10. The molecule has 0 saturated heterocycles. The van der Waals surface area contributed by atoms with Crippen molar-refractivity contribution in [2.45, 2.75) is 14.7 Å². The van der Waals surface area contributed by atoms with Crippen molar-refractivity contribution in [3.05, 3.63) is 53.0 Å². The van der Waals surface area contributed by atoms with Crippen LogP contribution in [0.15, 0.2) is 67.7 Å². The molecule has 2 aromatic rings. The van der Waals surface area contributed by atoms with Crippen LogP contribution < -0.4 is 0 Å². The lowest BCUT2D eigenvalue weighted by molar-refractivity contribution is 0.482. The Hall–Kier alpha value is -1.22. The van der Waals surface area contributed by atoms with E-state index in [0.29, 0.717) is 0 Å². The summed E-state index contributed by atoms with van der Waals surface area (Å²) < 4.78 is 56.1. The zero-order valence-corrected chi connectivity index (χ0v) is 13.1. The maximum Gasteiger partial charge on any atom is 0.295 e. The molecule has 0 radical (unpaired) electrons. The molecule has 0 saturated carbocycles. The lowest BCUT2D eigenvalue weighted by Crippen LogP contribution is -2.06. The van der Waals surface area contributed by atoms with Crippen LogP contribution in [0, 0.1) is 0 Å². The van der Waals surface area contributed by atoms with E-state index in [1.807, 2.05) is 0 Å². The molecule has 0 fully saturated rings. The Balaban J connectivity index is 2.72. The molecule has 0 heterocycles. The summed E-state index contributed by atoms with van der Waals surface area (Å²) in [5.41, 5.74) is 0. The van der Waals surface area contributed by atoms with Crippen LogP contribution in [0.25, 0.3) is 0 Å². The summed E-state index contributed by atoms with van der Waals surface area (Å²) in [7, 11) is -8.38. The van der Waals surface area contributed by atoms with Gasteiger partial charge in [-0.15, -0.1) is 0 Å². The van der Waals surface area contributed by atoms with Crippen LogP contribution in [0.3, 0.4) is 0 Å². The number of hydrogen-bond acceptors (Lipinski definition) is 4. The third-order valence-electron chi connectivity index (χ3n) is 2.55. The van der Waals surface area contributed by atoms with E-state index >= 15 is 0 Å². The van der Waals surface area contributed by atoms with Crippen LogP contribution >= 0.6 is 15.9 Å². The first-order chi connectivity index (χ1) is 9.24. The Bertz CT molecular complexity index is 843. The summed E-state index contributed by atoms with van der Waals surface area (Å²) in [4.78, 5) is -0.679. The molecule has 20 heavy (non-hydrogen) atoms. The molecule has 2 aromatic carbocycles.